The number of rotatable bonds is 9. The SMILES string of the molecule is Cl.NCC1CCC(C(=O)N(c2ccc(-c3nn[nH]n3)cc2)[C@@H](Cc2ccc(-c3cccnc3Cl)cc2)C(N)=O)CC1. The highest BCUT2D eigenvalue weighted by Crippen LogP contribution is 2.33. The first-order valence-electron chi connectivity index (χ1n) is 13.3. The Balaban J connectivity index is 0.00000387. The predicted octanol–water partition coefficient (Wildman–Crippen LogP) is 4.20. The molecule has 1 atom stereocenters. The van der Waals surface area contributed by atoms with Crippen molar-refractivity contribution in [2.75, 3.05) is 11.4 Å². The first-order chi connectivity index (χ1) is 19.4. The van der Waals surface area contributed by atoms with Gasteiger partial charge in [-0.15, -0.1) is 22.6 Å². The maximum atomic E-state index is 14.0. The molecule has 1 aliphatic rings. The second-order valence-electron chi connectivity index (χ2n) is 10.1. The molecule has 2 aromatic carbocycles. The van der Waals surface area contributed by atoms with Crippen LogP contribution in [-0.4, -0.2) is 50.0 Å². The van der Waals surface area contributed by atoms with Gasteiger partial charge in [-0.3, -0.25) is 14.5 Å². The number of halogens is 2. The van der Waals surface area contributed by atoms with E-state index in [1.807, 2.05) is 36.4 Å². The van der Waals surface area contributed by atoms with E-state index in [9.17, 15) is 9.59 Å². The third kappa shape index (κ3) is 6.90. The third-order valence-electron chi connectivity index (χ3n) is 7.61. The fraction of sp³-hybridized carbons (Fsp3) is 0.310. The Kier molecular flexibility index (Phi) is 10.0. The molecule has 2 amide bonds. The van der Waals surface area contributed by atoms with Crippen LogP contribution < -0.4 is 16.4 Å². The molecule has 0 saturated heterocycles. The Morgan fingerprint density at radius 2 is 1.68 bits per heavy atom. The van der Waals surface area contributed by atoms with E-state index >= 15 is 0 Å². The van der Waals surface area contributed by atoms with Crippen LogP contribution in [0.2, 0.25) is 5.15 Å². The van der Waals surface area contributed by atoms with Gasteiger partial charge in [0, 0.05) is 35.3 Å². The Morgan fingerprint density at radius 1 is 1.00 bits per heavy atom. The molecule has 0 aliphatic heterocycles. The molecule has 0 unspecified atom stereocenters. The van der Waals surface area contributed by atoms with Gasteiger partial charge in [-0.05, 0) is 90.9 Å². The van der Waals surface area contributed by atoms with E-state index in [2.05, 4.69) is 25.6 Å². The van der Waals surface area contributed by atoms with Crippen molar-refractivity contribution in [1.82, 2.24) is 25.6 Å². The second kappa shape index (κ2) is 13.7. The van der Waals surface area contributed by atoms with Gasteiger partial charge in [0.25, 0.3) is 0 Å². The number of tetrazole rings is 1. The number of H-pyrrole nitrogens is 1. The number of aromatic amines is 1. The minimum Gasteiger partial charge on any atom is -0.368 e. The number of pyridine rings is 1. The lowest BCUT2D eigenvalue weighted by Crippen LogP contribution is -2.52. The Bertz CT molecular complexity index is 1440. The Morgan fingerprint density at radius 3 is 2.27 bits per heavy atom. The molecule has 1 saturated carbocycles. The highest BCUT2D eigenvalue weighted by atomic mass is 35.5. The minimum atomic E-state index is -0.886. The molecule has 214 valence electrons. The smallest absolute Gasteiger partial charge is 0.240 e. The van der Waals surface area contributed by atoms with Gasteiger partial charge >= 0.3 is 0 Å². The summed E-state index contributed by atoms with van der Waals surface area (Å²) in [6.07, 6.45) is 5.12. The zero-order valence-electron chi connectivity index (χ0n) is 22.3. The number of carbonyl (C=O) groups excluding carboxylic acids is 2. The monoisotopic (exact) mass is 594 g/mol. The predicted molar refractivity (Wildman–Crippen MR) is 160 cm³/mol. The van der Waals surface area contributed by atoms with Crippen LogP contribution in [0.4, 0.5) is 5.69 Å². The summed E-state index contributed by atoms with van der Waals surface area (Å²) in [6.45, 7) is 0.617. The molecule has 10 nitrogen and oxygen atoms in total. The average Bonchev–Trinajstić information content (AvgIpc) is 3.53. The number of aromatic nitrogens is 5. The number of nitrogens with two attached hydrogens (primary N) is 2. The number of nitrogens with one attached hydrogen (secondary N) is 1. The summed E-state index contributed by atoms with van der Waals surface area (Å²) < 4.78 is 0. The third-order valence-corrected chi connectivity index (χ3v) is 7.91. The summed E-state index contributed by atoms with van der Waals surface area (Å²) in [4.78, 5) is 32.7. The fourth-order valence-electron chi connectivity index (χ4n) is 5.32. The summed E-state index contributed by atoms with van der Waals surface area (Å²) >= 11 is 6.27. The summed E-state index contributed by atoms with van der Waals surface area (Å²) in [5.74, 6) is -0.0390. The highest BCUT2D eigenvalue weighted by Gasteiger charge is 2.36. The topological polar surface area (TPSA) is 157 Å². The molecule has 0 bridgehead atoms. The number of hydrogen-bond acceptors (Lipinski definition) is 7. The molecule has 1 aliphatic carbocycles. The van der Waals surface area contributed by atoms with E-state index in [0.29, 0.717) is 29.1 Å². The number of carbonyl (C=O) groups is 2. The number of primary amides is 1. The number of amides is 2. The lowest BCUT2D eigenvalue weighted by molar-refractivity contribution is -0.127. The highest BCUT2D eigenvalue weighted by molar-refractivity contribution is 6.32. The van der Waals surface area contributed by atoms with Crippen LogP contribution in [0.3, 0.4) is 0 Å². The number of nitrogens with zero attached hydrogens (tertiary/aromatic N) is 5. The van der Waals surface area contributed by atoms with E-state index in [1.54, 1.807) is 35.4 Å². The van der Waals surface area contributed by atoms with E-state index in [1.165, 1.54) is 0 Å². The van der Waals surface area contributed by atoms with Crippen LogP contribution in [0, 0.1) is 11.8 Å². The van der Waals surface area contributed by atoms with Gasteiger partial charge < -0.3 is 11.5 Å². The lowest BCUT2D eigenvalue weighted by atomic mass is 9.81. The first kappa shape index (κ1) is 30.1. The van der Waals surface area contributed by atoms with E-state index in [4.69, 9.17) is 23.1 Å². The maximum Gasteiger partial charge on any atom is 0.240 e. The molecule has 41 heavy (non-hydrogen) atoms. The number of hydrogen-bond donors (Lipinski definition) is 3. The van der Waals surface area contributed by atoms with Crippen LogP contribution >= 0.6 is 24.0 Å². The van der Waals surface area contributed by atoms with Crippen molar-refractivity contribution in [3.05, 3.63) is 77.6 Å². The van der Waals surface area contributed by atoms with Gasteiger partial charge in [0.1, 0.15) is 11.2 Å². The zero-order chi connectivity index (χ0) is 28.1. The van der Waals surface area contributed by atoms with E-state index < -0.39 is 11.9 Å². The van der Waals surface area contributed by atoms with E-state index in [0.717, 1.165) is 47.9 Å². The number of anilines is 1. The molecule has 0 spiro atoms. The van der Waals surface area contributed by atoms with Crippen LogP contribution in [-0.2, 0) is 16.0 Å². The molecule has 2 aromatic heterocycles. The summed E-state index contributed by atoms with van der Waals surface area (Å²) in [5.41, 5.74) is 15.7. The molecule has 5 N–H and O–H groups in total. The molecule has 0 radical (unpaired) electrons. The van der Waals surface area contributed by atoms with Crippen molar-refractivity contribution < 1.29 is 9.59 Å². The van der Waals surface area contributed by atoms with Crippen LogP contribution in [0.25, 0.3) is 22.5 Å². The second-order valence-corrected chi connectivity index (χ2v) is 10.5. The van der Waals surface area contributed by atoms with Crippen LogP contribution in [0.5, 0.6) is 0 Å². The molecule has 12 heteroatoms. The van der Waals surface area contributed by atoms with Crippen molar-refractivity contribution in [2.45, 2.75) is 38.1 Å². The van der Waals surface area contributed by atoms with Gasteiger partial charge in [-0.1, -0.05) is 35.9 Å². The van der Waals surface area contributed by atoms with Crippen molar-refractivity contribution in [2.24, 2.45) is 23.3 Å². The molecule has 1 fully saturated rings. The van der Waals surface area contributed by atoms with Gasteiger partial charge in [-0.2, -0.15) is 5.21 Å². The van der Waals surface area contributed by atoms with Crippen molar-refractivity contribution in [1.29, 1.82) is 0 Å². The van der Waals surface area contributed by atoms with Gasteiger partial charge in [0.15, 0.2) is 0 Å². The summed E-state index contributed by atoms with van der Waals surface area (Å²) in [7, 11) is 0. The molecule has 4 aromatic rings. The zero-order valence-corrected chi connectivity index (χ0v) is 23.9. The van der Waals surface area contributed by atoms with E-state index in [-0.39, 0.29) is 30.7 Å². The summed E-state index contributed by atoms with van der Waals surface area (Å²) in [5, 5.41) is 14.5. The molecular formula is C29H32Cl2N8O2. The van der Waals surface area contributed by atoms with Crippen LogP contribution in [0.1, 0.15) is 31.2 Å². The lowest BCUT2D eigenvalue weighted by Gasteiger charge is -2.35. The van der Waals surface area contributed by atoms with Crippen molar-refractivity contribution in [3.63, 3.8) is 0 Å². The molecule has 2 heterocycles. The standard InChI is InChI=1S/C29H31ClN8O2.ClH/c30-26-24(2-1-15-33-26)20-7-3-18(4-8-20)16-25(27(32)39)38(29(40)22-9-5-19(17-31)6-10-22)23-13-11-21(12-14-23)28-34-36-37-35-28;/h1-4,7-8,11-15,19,22,25H,5-6,9-10,16-17,31H2,(H2,32,39)(H,34,35,36,37);1H/t19?,22?,25-;/m0./s1. The van der Waals surface area contributed by atoms with Crippen LogP contribution in [0.15, 0.2) is 66.9 Å². The number of benzene rings is 2. The van der Waals surface area contributed by atoms with Gasteiger partial charge in [-0.25, -0.2) is 4.98 Å². The van der Waals surface area contributed by atoms with Gasteiger partial charge in [0.05, 0.1) is 0 Å². The summed E-state index contributed by atoms with van der Waals surface area (Å²) in [6, 6.07) is 17.7. The Hall–Kier alpha value is -3.86. The normalized spacial score (nSPS) is 17.3. The van der Waals surface area contributed by atoms with Crippen molar-refractivity contribution in [3.8, 4) is 22.5 Å². The Labute approximate surface area is 249 Å². The molecule has 5 rings (SSSR count). The average molecular weight is 596 g/mol. The van der Waals surface area contributed by atoms with Gasteiger partial charge in [0.2, 0.25) is 17.6 Å². The minimum absolute atomic E-state index is 0. The largest absolute Gasteiger partial charge is 0.368 e. The quantitative estimate of drug-likeness (QED) is 0.245. The van der Waals surface area contributed by atoms with Crippen molar-refractivity contribution >= 4 is 41.5 Å². The maximum absolute atomic E-state index is 14.0. The fourth-order valence-corrected chi connectivity index (χ4v) is 5.55. The molecular weight excluding hydrogens is 563 g/mol. The first-order valence-corrected chi connectivity index (χ1v) is 13.7.